The number of benzene rings is 2. The molecule has 0 bridgehead atoms. The summed E-state index contributed by atoms with van der Waals surface area (Å²) in [7, 11) is 0. The van der Waals surface area contributed by atoms with Gasteiger partial charge in [0.05, 0.1) is 11.5 Å². The first-order valence-electron chi connectivity index (χ1n) is 6.96. The van der Waals surface area contributed by atoms with E-state index in [1.54, 1.807) is 17.8 Å². The van der Waals surface area contributed by atoms with Crippen LogP contribution in [0.1, 0.15) is 10.4 Å². The topological polar surface area (TPSA) is 101 Å². The zero-order valence-corrected chi connectivity index (χ0v) is 13.6. The molecule has 2 N–H and O–H groups in total. The Morgan fingerprint density at radius 3 is 2.62 bits per heavy atom. The van der Waals surface area contributed by atoms with Gasteiger partial charge in [0.2, 0.25) is 5.91 Å². The molecule has 0 radical (unpaired) electrons. The maximum atomic E-state index is 12.0. The van der Waals surface area contributed by atoms with Crippen LogP contribution < -0.4 is 10.6 Å². The van der Waals surface area contributed by atoms with Crippen molar-refractivity contribution in [3.63, 3.8) is 0 Å². The number of hydrogen-bond donors (Lipinski definition) is 2. The molecule has 2 aromatic rings. The van der Waals surface area contributed by atoms with E-state index >= 15 is 0 Å². The van der Waals surface area contributed by atoms with Gasteiger partial charge >= 0.3 is 0 Å². The van der Waals surface area contributed by atoms with Gasteiger partial charge in [0.25, 0.3) is 11.6 Å². The van der Waals surface area contributed by atoms with Crippen LogP contribution in [-0.2, 0) is 4.79 Å². The lowest BCUT2D eigenvalue weighted by atomic mass is 10.2. The fraction of sp³-hybridized carbons (Fsp3) is 0.125. The number of rotatable bonds is 6. The van der Waals surface area contributed by atoms with E-state index in [0.717, 1.165) is 11.0 Å². The van der Waals surface area contributed by atoms with Crippen molar-refractivity contribution >= 4 is 35.0 Å². The van der Waals surface area contributed by atoms with Gasteiger partial charge in [-0.15, -0.1) is 11.8 Å². The quantitative estimate of drug-likeness (QED) is 0.476. The smallest absolute Gasteiger partial charge is 0.270 e. The van der Waals surface area contributed by atoms with Crippen LogP contribution in [0.2, 0.25) is 0 Å². The van der Waals surface area contributed by atoms with E-state index in [0.29, 0.717) is 5.69 Å². The van der Waals surface area contributed by atoms with Gasteiger partial charge in [-0.05, 0) is 30.5 Å². The molecule has 8 heteroatoms. The number of nitrogens with one attached hydrogen (secondary N) is 2. The first-order chi connectivity index (χ1) is 11.5. The molecule has 24 heavy (non-hydrogen) atoms. The van der Waals surface area contributed by atoms with E-state index in [2.05, 4.69) is 10.6 Å². The van der Waals surface area contributed by atoms with Crippen LogP contribution in [0, 0.1) is 10.1 Å². The minimum Gasteiger partial charge on any atom is -0.343 e. The van der Waals surface area contributed by atoms with Gasteiger partial charge in [0, 0.05) is 28.3 Å². The summed E-state index contributed by atoms with van der Waals surface area (Å²) in [5, 5.41) is 15.8. The molecule has 0 aromatic heterocycles. The van der Waals surface area contributed by atoms with Crippen molar-refractivity contribution in [2.75, 3.05) is 18.1 Å². The maximum Gasteiger partial charge on any atom is 0.270 e. The number of non-ortho nitro benzene ring substituents is 1. The summed E-state index contributed by atoms with van der Waals surface area (Å²) in [6.45, 7) is -0.231. The predicted octanol–water partition coefficient (Wildman–Crippen LogP) is 2.69. The second-order valence-electron chi connectivity index (χ2n) is 4.77. The number of nitro benzene ring substituents is 1. The molecule has 0 fully saturated rings. The number of nitro groups is 1. The Morgan fingerprint density at radius 1 is 1.17 bits per heavy atom. The van der Waals surface area contributed by atoms with E-state index in [4.69, 9.17) is 0 Å². The van der Waals surface area contributed by atoms with Gasteiger partial charge in [-0.25, -0.2) is 0 Å². The molecule has 7 nitrogen and oxygen atoms in total. The summed E-state index contributed by atoms with van der Waals surface area (Å²) in [5.41, 5.74) is 0.582. The summed E-state index contributed by atoms with van der Waals surface area (Å²) in [6.07, 6.45) is 1.93. The third kappa shape index (κ3) is 4.82. The van der Waals surface area contributed by atoms with E-state index in [1.807, 2.05) is 24.5 Å². The van der Waals surface area contributed by atoms with Gasteiger partial charge < -0.3 is 10.6 Å². The average Bonchev–Trinajstić information content (AvgIpc) is 2.60. The van der Waals surface area contributed by atoms with Crippen LogP contribution in [0.5, 0.6) is 0 Å². The lowest BCUT2D eigenvalue weighted by Crippen LogP contribution is -2.32. The van der Waals surface area contributed by atoms with Crippen molar-refractivity contribution in [3.8, 4) is 0 Å². The highest BCUT2D eigenvalue weighted by atomic mass is 32.2. The Morgan fingerprint density at radius 2 is 1.92 bits per heavy atom. The second kappa shape index (κ2) is 8.11. The number of hydrogen-bond acceptors (Lipinski definition) is 5. The zero-order valence-electron chi connectivity index (χ0n) is 12.8. The Balaban J connectivity index is 1.92. The number of carbonyl (C=O) groups is 2. The summed E-state index contributed by atoms with van der Waals surface area (Å²) in [5.74, 6) is -0.932. The van der Waals surface area contributed by atoms with Crippen LogP contribution in [0.25, 0.3) is 0 Å². The molecular weight excluding hydrogens is 330 g/mol. The van der Waals surface area contributed by atoms with Gasteiger partial charge in [-0.3, -0.25) is 19.7 Å². The Bertz CT molecular complexity index is 779. The lowest BCUT2D eigenvalue weighted by Gasteiger charge is -2.08. The zero-order chi connectivity index (χ0) is 17.5. The molecule has 2 aromatic carbocycles. The average molecular weight is 345 g/mol. The highest BCUT2D eigenvalue weighted by Gasteiger charge is 2.12. The van der Waals surface area contributed by atoms with Gasteiger partial charge in [0.1, 0.15) is 0 Å². The van der Waals surface area contributed by atoms with Crippen LogP contribution in [0.15, 0.2) is 53.4 Å². The van der Waals surface area contributed by atoms with Crippen LogP contribution >= 0.6 is 11.8 Å². The highest BCUT2D eigenvalue weighted by Crippen LogP contribution is 2.18. The molecule has 124 valence electrons. The fourth-order valence-electron chi connectivity index (χ4n) is 1.93. The first kappa shape index (κ1) is 17.5. The predicted molar refractivity (Wildman–Crippen MR) is 92.3 cm³/mol. The number of amides is 2. The van der Waals surface area contributed by atoms with Crippen molar-refractivity contribution < 1.29 is 14.5 Å². The molecule has 2 rings (SSSR count). The largest absolute Gasteiger partial charge is 0.343 e. The Labute approximate surface area is 142 Å². The third-order valence-electron chi connectivity index (χ3n) is 3.08. The van der Waals surface area contributed by atoms with Gasteiger partial charge in [-0.2, -0.15) is 0 Å². The number of thioether (sulfide) groups is 1. The second-order valence-corrected chi connectivity index (χ2v) is 5.65. The number of carbonyl (C=O) groups excluding carboxylic acids is 2. The molecule has 0 saturated carbocycles. The van der Waals surface area contributed by atoms with Gasteiger partial charge in [0.15, 0.2) is 0 Å². The minimum atomic E-state index is -0.581. The molecule has 0 aliphatic rings. The van der Waals surface area contributed by atoms with Crippen LogP contribution in [-0.4, -0.2) is 29.5 Å². The van der Waals surface area contributed by atoms with E-state index < -0.39 is 10.8 Å². The molecule has 0 unspecified atom stereocenters. The van der Waals surface area contributed by atoms with E-state index in [1.165, 1.54) is 18.2 Å². The molecule has 2 amide bonds. The Kier molecular flexibility index (Phi) is 5.91. The van der Waals surface area contributed by atoms with Crippen LogP contribution in [0.3, 0.4) is 0 Å². The van der Waals surface area contributed by atoms with Crippen LogP contribution in [0.4, 0.5) is 11.4 Å². The number of anilines is 1. The van der Waals surface area contributed by atoms with Crippen molar-refractivity contribution in [2.45, 2.75) is 4.90 Å². The van der Waals surface area contributed by atoms with Crippen molar-refractivity contribution in [1.82, 2.24) is 5.32 Å². The Hall–Kier alpha value is -2.87. The molecule has 0 spiro atoms. The summed E-state index contributed by atoms with van der Waals surface area (Å²) in [6, 6.07) is 12.6. The normalized spacial score (nSPS) is 10.0. The van der Waals surface area contributed by atoms with Crippen molar-refractivity contribution in [3.05, 3.63) is 64.2 Å². The monoisotopic (exact) mass is 345 g/mol. The fourth-order valence-corrected chi connectivity index (χ4v) is 2.39. The third-order valence-corrected chi connectivity index (χ3v) is 3.81. The van der Waals surface area contributed by atoms with E-state index in [-0.39, 0.29) is 23.7 Å². The first-order valence-corrected chi connectivity index (χ1v) is 8.18. The lowest BCUT2D eigenvalue weighted by molar-refractivity contribution is -0.384. The SMILES string of the molecule is CSc1cccc(NC(=O)CNC(=O)c2cccc([N+](=O)[O-])c2)c1. The standard InChI is InChI=1S/C16H15N3O4S/c1-24-14-7-3-5-12(9-14)18-15(20)10-17-16(21)11-4-2-6-13(8-11)19(22)23/h2-9H,10H2,1H3,(H,17,21)(H,18,20). The minimum absolute atomic E-state index is 0.126. The summed E-state index contributed by atoms with van der Waals surface area (Å²) < 4.78 is 0. The molecule has 0 atom stereocenters. The molecule has 0 aliphatic heterocycles. The van der Waals surface area contributed by atoms with Gasteiger partial charge in [-0.1, -0.05) is 12.1 Å². The van der Waals surface area contributed by atoms with E-state index in [9.17, 15) is 19.7 Å². The molecule has 0 aliphatic carbocycles. The highest BCUT2D eigenvalue weighted by molar-refractivity contribution is 7.98. The van der Waals surface area contributed by atoms with Crippen molar-refractivity contribution in [1.29, 1.82) is 0 Å². The summed E-state index contributed by atoms with van der Waals surface area (Å²) in [4.78, 5) is 35.0. The van der Waals surface area contributed by atoms with Crippen molar-refractivity contribution in [2.24, 2.45) is 0 Å². The number of nitrogens with zero attached hydrogens (tertiary/aromatic N) is 1. The molecular formula is C16H15N3O4S. The molecule has 0 saturated heterocycles. The summed E-state index contributed by atoms with van der Waals surface area (Å²) >= 11 is 1.55. The maximum absolute atomic E-state index is 12.0. The molecule has 0 heterocycles.